The maximum Gasteiger partial charge on any atom is 0.224 e. The highest BCUT2D eigenvalue weighted by Gasteiger charge is 2.05. The van der Waals surface area contributed by atoms with Crippen molar-refractivity contribution < 1.29 is 4.79 Å². The van der Waals surface area contributed by atoms with Crippen molar-refractivity contribution in [2.45, 2.75) is 6.42 Å². The van der Waals surface area contributed by atoms with E-state index < -0.39 is 0 Å². The van der Waals surface area contributed by atoms with Gasteiger partial charge in [0.1, 0.15) is 0 Å². The number of benzene rings is 2. The summed E-state index contributed by atoms with van der Waals surface area (Å²) in [6, 6.07) is 18.8. The molecule has 1 aromatic heterocycles. The Kier molecular flexibility index (Phi) is 3.52. The minimum Gasteiger partial charge on any atom is -0.359 e. The number of amides is 1. The number of carbonyl (C=O) groups is 1. The quantitative estimate of drug-likeness (QED) is 0.776. The minimum absolute atomic E-state index is 0.0413. The number of nitrogens with one attached hydrogen (secondary N) is 1. The highest BCUT2D eigenvalue weighted by Crippen LogP contribution is 2.33. The topological polar surface area (TPSA) is 29.1 Å². The van der Waals surface area contributed by atoms with E-state index in [2.05, 4.69) is 47.8 Å². The third kappa shape index (κ3) is 2.58. The second-order valence-electron chi connectivity index (χ2n) is 4.70. The van der Waals surface area contributed by atoms with Crippen LogP contribution < -0.4 is 5.32 Å². The van der Waals surface area contributed by atoms with Gasteiger partial charge in [0.25, 0.3) is 0 Å². The summed E-state index contributed by atoms with van der Waals surface area (Å²) < 4.78 is 1.30. The van der Waals surface area contributed by atoms with Gasteiger partial charge in [-0.15, -0.1) is 11.3 Å². The fourth-order valence-corrected chi connectivity index (χ4v) is 3.25. The summed E-state index contributed by atoms with van der Waals surface area (Å²) in [5, 5.41) is 3.92. The molecular formula is C17H15NOS. The van der Waals surface area contributed by atoms with Crippen LogP contribution in [0.1, 0.15) is 5.56 Å². The average Bonchev–Trinajstić information content (AvgIpc) is 2.91. The lowest BCUT2D eigenvalue weighted by Crippen LogP contribution is -2.19. The van der Waals surface area contributed by atoms with E-state index >= 15 is 0 Å². The molecule has 2 nitrogen and oxygen atoms in total. The van der Waals surface area contributed by atoms with Gasteiger partial charge in [-0.25, -0.2) is 0 Å². The van der Waals surface area contributed by atoms with E-state index in [1.807, 2.05) is 12.1 Å². The highest BCUT2D eigenvalue weighted by molar-refractivity contribution is 7.22. The summed E-state index contributed by atoms with van der Waals surface area (Å²) in [4.78, 5) is 12.6. The molecule has 0 bridgehead atoms. The molecule has 20 heavy (non-hydrogen) atoms. The molecule has 0 fully saturated rings. The zero-order valence-corrected chi connectivity index (χ0v) is 12.0. The lowest BCUT2D eigenvalue weighted by atomic mass is 10.1. The molecule has 0 radical (unpaired) electrons. The van der Waals surface area contributed by atoms with Crippen LogP contribution in [0.25, 0.3) is 20.5 Å². The predicted molar refractivity (Wildman–Crippen MR) is 85.0 cm³/mol. The zero-order valence-electron chi connectivity index (χ0n) is 11.2. The molecule has 0 unspecified atom stereocenters. The van der Waals surface area contributed by atoms with Crippen LogP contribution in [0.2, 0.25) is 0 Å². The molecule has 1 heterocycles. The van der Waals surface area contributed by atoms with Crippen LogP contribution >= 0.6 is 11.3 Å². The summed E-state index contributed by atoms with van der Waals surface area (Å²) >= 11 is 1.80. The largest absolute Gasteiger partial charge is 0.359 e. The molecule has 3 rings (SSSR count). The van der Waals surface area contributed by atoms with Gasteiger partial charge in [-0.3, -0.25) is 4.79 Å². The third-order valence-electron chi connectivity index (χ3n) is 3.31. The first-order valence-electron chi connectivity index (χ1n) is 6.55. The molecule has 3 heteroatoms. The monoisotopic (exact) mass is 281 g/mol. The summed E-state index contributed by atoms with van der Waals surface area (Å²) in [5.74, 6) is 0.0413. The SMILES string of the molecule is CNC(=O)Cc1ccc(-c2cc3ccccc3s2)cc1. The summed E-state index contributed by atoms with van der Waals surface area (Å²) in [5.41, 5.74) is 2.24. The molecule has 0 aliphatic rings. The van der Waals surface area contributed by atoms with Gasteiger partial charge in [0.05, 0.1) is 6.42 Å². The van der Waals surface area contributed by atoms with E-state index in [4.69, 9.17) is 0 Å². The first-order chi connectivity index (χ1) is 9.76. The third-order valence-corrected chi connectivity index (χ3v) is 4.47. The van der Waals surface area contributed by atoms with Crippen molar-refractivity contribution in [3.63, 3.8) is 0 Å². The molecule has 1 amide bonds. The van der Waals surface area contributed by atoms with Gasteiger partial charge in [0.15, 0.2) is 0 Å². The van der Waals surface area contributed by atoms with E-state index in [0.717, 1.165) is 5.56 Å². The highest BCUT2D eigenvalue weighted by atomic mass is 32.1. The number of hydrogen-bond donors (Lipinski definition) is 1. The van der Waals surface area contributed by atoms with Crippen molar-refractivity contribution in [1.82, 2.24) is 5.32 Å². The summed E-state index contributed by atoms with van der Waals surface area (Å²) in [6.07, 6.45) is 0.434. The Morgan fingerprint density at radius 1 is 1.10 bits per heavy atom. The normalized spacial score (nSPS) is 10.7. The smallest absolute Gasteiger partial charge is 0.224 e. The number of hydrogen-bond acceptors (Lipinski definition) is 2. The van der Waals surface area contributed by atoms with Crippen LogP contribution in [0, 0.1) is 0 Å². The molecule has 0 saturated heterocycles. The van der Waals surface area contributed by atoms with Crippen molar-refractivity contribution in [2.75, 3.05) is 7.05 Å². The molecule has 0 atom stereocenters. The standard InChI is InChI=1S/C17H15NOS/c1-18-17(19)10-12-6-8-13(9-7-12)16-11-14-4-2-3-5-15(14)20-16/h2-9,11H,10H2,1H3,(H,18,19). The number of likely N-dealkylation sites (N-methyl/N-ethyl adjacent to an activating group) is 1. The Labute approximate surface area is 122 Å². The maximum atomic E-state index is 11.3. The number of rotatable bonds is 3. The second-order valence-corrected chi connectivity index (χ2v) is 5.78. The lowest BCUT2D eigenvalue weighted by Gasteiger charge is -2.02. The minimum atomic E-state index is 0.0413. The van der Waals surface area contributed by atoms with Crippen LogP contribution in [0.5, 0.6) is 0 Å². The molecule has 0 aliphatic carbocycles. The van der Waals surface area contributed by atoms with Gasteiger partial charge in [-0.1, -0.05) is 42.5 Å². The first kappa shape index (κ1) is 12.9. The molecule has 3 aromatic rings. The van der Waals surface area contributed by atoms with Gasteiger partial charge in [0, 0.05) is 16.6 Å². The molecule has 2 aromatic carbocycles. The number of fused-ring (bicyclic) bond motifs is 1. The molecule has 0 saturated carbocycles. The fourth-order valence-electron chi connectivity index (χ4n) is 2.18. The van der Waals surface area contributed by atoms with E-state index in [1.54, 1.807) is 18.4 Å². The van der Waals surface area contributed by atoms with Crippen LogP contribution in [0.4, 0.5) is 0 Å². The first-order valence-corrected chi connectivity index (χ1v) is 7.36. The Morgan fingerprint density at radius 3 is 2.55 bits per heavy atom. The van der Waals surface area contributed by atoms with E-state index in [9.17, 15) is 4.79 Å². The second kappa shape index (κ2) is 5.47. The van der Waals surface area contributed by atoms with E-state index in [0.29, 0.717) is 6.42 Å². The molecule has 0 spiro atoms. The van der Waals surface area contributed by atoms with Gasteiger partial charge in [0.2, 0.25) is 5.91 Å². The molecular weight excluding hydrogens is 266 g/mol. The van der Waals surface area contributed by atoms with Crippen molar-refractivity contribution in [3.05, 3.63) is 60.2 Å². The average molecular weight is 281 g/mol. The van der Waals surface area contributed by atoms with Crippen LogP contribution in [0.15, 0.2) is 54.6 Å². The van der Waals surface area contributed by atoms with Crippen LogP contribution in [0.3, 0.4) is 0 Å². The van der Waals surface area contributed by atoms with Crippen molar-refractivity contribution in [3.8, 4) is 10.4 Å². The number of carbonyl (C=O) groups excluding carboxylic acids is 1. The Hall–Kier alpha value is -2.13. The van der Waals surface area contributed by atoms with Gasteiger partial charge < -0.3 is 5.32 Å². The Morgan fingerprint density at radius 2 is 1.85 bits per heavy atom. The van der Waals surface area contributed by atoms with Gasteiger partial charge in [-0.05, 0) is 28.6 Å². The maximum absolute atomic E-state index is 11.3. The Balaban J connectivity index is 1.88. The number of thiophene rings is 1. The van der Waals surface area contributed by atoms with Gasteiger partial charge in [-0.2, -0.15) is 0 Å². The lowest BCUT2D eigenvalue weighted by molar-refractivity contribution is -0.119. The summed E-state index contributed by atoms with van der Waals surface area (Å²) in [6.45, 7) is 0. The predicted octanol–water partition coefficient (Wildman–Crippen LogP) is 3.86. The molecule has 100 valence electrons. The van der Waals surface area contributed by atoms with Crippen LogP contribution in [-0.4, -0.2) is 13.0 Å². The fraction of sp³-hybridized carbons (Fsp3) is 0.118. The Bertz CT molecular complexity index is 710. The van der Waals surface area contributed by atoms with Crippen molar-refractivity contribution in [2.24, 2.45) is 0 Å². The van der Waals surface area contributed by atoms with Crippen molar-refractivity contribution >= 4 is 27.3 Å². The zero-order chi connectivity index (χ0) is 13.9. The molecule has 1 N–H and O–H groups in total. The van der Waals surface area contributed by atoms with E-state index in [1.165, 1.54) is 20.5 Å². The van der Waals surface area contributed by atoms with Gasteiger partial charge >= 0.3 is 0 Å². The molecule has 0 aliphatic heterocycles. The van der Waals surface area contributed by atoms with E-state index in [-0.39, 0.29) is 5.91 Å². The van der Waals surface area contributed by atoms with Crippen molar-refractivity contribution in [1.29, 1.82) is 0 Å². The van der Waals surface area contributed by atoms with Crippen LogP contribution in [-0.2, 0) is 11.2 Å². The summed E-state index contributed by atoms with van der Waals surface area (Å²) in [7, 11) is 1.66.